The minimum Gasteiger partial charge on any atom is -0.313 e. The summed E-state index contributed by atoms with van der Waals surface area (Å²) in [5.74, 6) is 0.519. The summed E-state index contributed by atoms with van der Waals surface area (Å²) in [6.45, 7) is 8.00. The lowest BCUT2D eigenvalue weighted by Gasteiger charge is -2.35. The highest BCUT2D eigenvalue weighted by molar-refractivity contribution is 9.10. The zero-order valence-corrected chi connectivity index (χ0v) is 15.0. The Morgan fingerprint density at radius 3 is 2.71 bits per heavy atom. The second-order valence-corrected chi connectivity index (χ2v) is 7.95. The van der Waals surface area contributed by atoms with E-state index in [-0.39, 0.29) is 5.82 Å². The van der Waals surface area contributed by atoms with E-state index < -0.39 is 0 Å². The van der Waals surface area contributed by atoms with Crippen molar-refractivity contribution in [1.29, 1.82) is 0 Å². The van der Waals surface area contributed by atoms with Crippen molar-refractivity contribution >= 4 is 15.9 Å². The van der Waals surface area contributed by atoms with Crippen LogP contribution >= 0.6 is 15.9 Å². The van der Waals surface area contributed by atoms with Gasteiger partial charge in [-0.05, 0) is 67.3 Å². The van der Waals surface area contributed by atoms with Gasteiger partial charge in [0.05, 0.1) is 0 Å². The SMILES string of the molecule is CCCNC(Cc1cc(F)cc(Br)c1)C1CCCC1(C)C. The van der Waals surface area contributed by atoms with E-state index >= 15 is 0 Å². The summed E-state index contributed by atoms with van der Waals surface area (Å²) < 4.78 is 14.4. The van der Waals surface area contributed by atoms with Gasteiger partial charge in [-0.3, -0.25) is 0 Å². The maximum atomic E-state index is 13.6. The molecule has 0 bridgehead atoms. The van der Waals surface area contributed by atoms with Gasteiger partial charge in [-0.2, -0.15) is 0 Å². The lowest BCUT2D eigenvalue weighted by Crippen LogP contribution is -2.42. The molecule has 0 heterocycles. The molecule has 0 aromatic heterocycles. The van der Waals surface area contributed by atoms with Crippen LogP contribution in [0.3, 0.4) is 0 Å². The second kappa shape index (κ2) is 7.23. The molecule has 0 spiro atoms. The quantitative estimate of drug-likeness (QED) is 0.727. The Bertz CT molecular complexity index is 452. The highest BCUT2D eigenvalue weighted by Crippen LogP contribution is 2.45. The molecule has 0 amide bonds. The average Bonchev–Trinajstić information content (AvgIpc) is 2.73. The number of benzene rings is 1. The first-order valence-electron chi connectivity index (χ1n) is 8.10. The monoisotopic (exact) mass is 355 g/mol. The van der Waals surface area contributed by atoms with E-state index in [0.29, 0.717) is 17.4 Å². The van der Waals surface area contributed by atoms with E-state index in [2.05, 4.69) is 42.0 Å². The lowest BCUT2D eigenvalue weighted by molar-refractivity contribution is 0.195. The topological polar surface area (TPSA) is 12.0 Å². The van der Waals surface area contributed by atoms with Crippen molar-refractivity contribution in [2.24, 2.45) is 11.3 Å². The first-order valence-corrected chi connectivity index (χ1v) is 8.90. The third-order valence-corrected chi connectivity index (χ3v) is 5.32. The Labute approximate surface area is 136 Å². The van der Waals surface area contributed by atoms with E-state index in [4.69, 9.17) is 0 Å². The van der Waals surface area contributed by atoms with Gasteiger partial charge in [-0.1, -0.05) is 43.1 Å². The molecule has 1 fully saturated rings. The van der Waals surface area contributed by atoms with Crippen molar-refractivity contribution < 1.29 is 4.39 Å². The molecule has 2 unspecified atom stereocenters. The van der Waals surface area contributed by atoms with Crippen LogP contribution < -0.4 is 5.32 Å². The standard InChI is InChI=1S/C18H27BrFN/c1-4-8-21-17(16-6-5-7-18(16,2)3)11-13-9-14(19)12-15(20)10-13/h9-10,12,16-17,21H,4-8,11H2,1-3H3. The molecule has 1 aliphatic carbocycles. The van der Waals surface area contributed by atoms with Crippen LogP contribution in [0.25, 0.3) is 0 Å². The van der Waals surface area contributed by atoms with Crippen molar-refractivity contribution in [3.63, 3.8) is 0 Å². The molecule has 1 aliphatic rings. The minimum atomic E-state index is -0.153. The van der Waals surface area contributed by atoms with Gasteiger partial charge in [0, 0.05) is 10.5 Å². The molecule has 0 radical (unpaired) electrons. The van der Waals surface area contributed by atoms with Crippen molar-refractivity contribution in [3.8, 4) is 0 Å². The van der Waals surface area contributed by atoms with Crippen molar-refractivity contribution in [2.75, 3.05) is 6.54 Å². The Kier molecular flexibility index (Phi) is 5.84. The molecule has 0 aliphatic heterocycles. The van der Waals surface area contributed by atoms with E-state index in [1.807, 2.05) is 6.07 Å². The van der Waals surface area contributed by atoms with Crippen LogP contribution in [0.4, 0.5) is 4.39 Å². The highest BCUT2D eigenvalue weighted by Gasteiger charge is 2.39. The van der Waals surface area contributed by atoms with Crippen LogP contribution in [0.1, 0.15) is 52.0 Å². The van der Waals surface area contributed by atoms with Gasteiger partial charge in [-0.15, -0.1) is 0 Å². The van der Waals surface area contributed by atoms with Crippen molar-refractivity contribution in [3.05, 3.63) is 34.1 Å². The van der Waals surface area contributed by atoms with Crippen LogP contribution in [0, 0.1) is 17.2 Å². The Morgan fingerprint density at radius 1 is 1.38 bits per heavy atom. The van der Waals surface area contributed by atoms with Gasteiger partial charge in [0.2, 0.25) is 0 Å². The molecule has 1 nitrogen and oxygen atoms in total. The molecular weight excluding hydrogens is 329 g/mol. The normalized spacial score (nSPS) is 22.4. The molecule has 1 saturated carbocycles. The number of rotatable bonds is 6. The van der Waals surface area contributed by atoms with Crippen LogP contribution in [-0.4, -0.2) is 12.6 Å². The zero-order chi connectivity index (χ0) is 15.5. The fraction of sp³-hybridized carbons (Fsp3) is 0.667. The van der Waals surface area contributed by atoms with E-state index in [1.165, 1.54) is 25.3 Å². The summed E-state index contributed by atoms with van der Waals surface area (Å²) in [4.78, 5) is 0. The highest BCUT2D eigenvalue weighted by atomic mass is 79.9. The largest absolute Gasteiger partial charge is 0.313 e. The van der Waals surface area contributed by atoms with Crippen molar-refractivity contribution in [2.45, 2.75) is 58.9 Å². The van der Waals surface area contributed by atoms with Crippen LogP contribution in [-0.2, 0) is 6.42 Å². The lowest BCUT2D eigenvalue weighted by atomic mass is 9.76. The smallest absolute Gasteiger partial charge is 0.124 e. The number of hydrogen-bond acceptors (Lipinski definition) is 1. The molecule has 118 valence electrons. The summed E-state index contributed by atoms with van der Waals surface area (Å²) in [5.41, 5.74) is 1.47. The van der Waals surface area contributed by atoms with Gasteiger partial charge in [0.1, 0.15) is 5.82 Å². The molecule has 1 N–H and O–H groups in total. The summed E-state index contributed by atoms with van der Waals surface area (Å²) >= 11 is 3.40. The summed E-state index contributed by atoms with van der Waals surface area (Å²) in [5, 5.41) is 3.72. The first-order chi connectivity index (χ1) is 9.92. The molecule has 2 atom stereocenters. The third-order valence-electron chi connectivity index (χ3n) is 4.86. The predicted octanol–water partition coefficient (Wildman–Crippen LogP) is 5.33. The predicted molar refractivity (Wildman–Crippen MR) is 91.0 cm³/mol. The number of hydrogen-bond donors (Lipinski definition) is 1. The van der Waals surface area contributed by atoms with E-state index in [9.17, 15) is 4.39 Å². The number of halogens is 2. The zero-order valence-electron chi connectivity index (χ0n) is 13.4. The van der Waals surface area contributed by atoms with Gasteiger partial charge in [-0.25, -0.2) is 4.39 Å². The summed E-state index contributed by atoms with van der Waals surface area (Å²) in [7, 11) is 0. The van der Waals surface area contributed by atoms with Gasteiger partial charge in [0.15, 0.2) is 0 Å². The van der Waals surface area contributed by atoms with Crippen LogP contribution in [0.2, 0.25) is 0 Å². The number of nitrogens with one attached hydrogen (secondary N) is 1. The first kappa shape index (κ1) is 17.0. The van der Waals surface area contributed by atoms with Gasteiger partial charge >= 0.3 is 0 Å². The van der Waals surface area contributed by atoms with Crippen LogP contribution in [0.5, 0.6) is 0 Å². The van der Waals surface area contributed by atoms with E-state index in [0.717, 1.165) is 29.4 Å². The maximum absolute atomic E-state index is 13.6. The fourth-order valence-electron chi connectivity index (χ4n) is 3.77. The summed E-state index contributed by atoms with van der Waals surface area (Å²) in [6, 6.07) is 5.69. The molecule has 3 heteroatoms. The minimum absolute atomic E-state index is 0.153. The molecule has 0 saturated heterocycles. The molecule has 21 heavy (non-hydrogen) atoms. The molecule has 1 aromatic rings. The van der Waals surface area contributed by atoms with Crippen molar-refractivity contribution in [1.82, 2.24) is 5.32 Å². The average molecular weight is 356 g/mol. The summed E-state index contributed by atoms with van der Waals surface area (Å²) in [6.07, 6.45) is 5.94. The second-order valence-electron chi connectivity index (χ2n) is 7.03. The Morgan fingerprint density at radius 2 is 2.14 bits per heavy atom. The molecule has 1 aromatic carbocycles. The molecule has 2 rings (SSSR count). The van der Waals surface area contributed by atoms with Crippen LogP contribution in [0.15, 0.2) is 22.7 Å². The van der Waals surface area contributed by atoms with E-state index in [1.54, 1.807) is 6.07 Å². The van der Waals surface area contributed by atoms with Gasteiger partial charge < -0.3 is 5.32 Å². The Balaban J connectivity index is 2.16. The Hall–Kier alpha value is -0.410. The maximum Gasteiger partial charge on any atom is 0.124 e. The fourth-order valence-corrected chi connectivity index (χ4v) is 4.28. The van der Waals surface area contributed by atoms with Gasteiger partial charge in [0.25, 0.3) is 0 Å². The third kappa shape index (κ3) is 4.53. The molecular formula is C18H27BrFN.